The molecule has 0 radical (unpaired) electrons. The minimum absolute atomic E-state index is 0.0663. The van der Waals surface area contributed by atoms with Gasteiger partial charge in [0, 0.05) is 31.5 Å². The van der Waals surface area contributed by atoms with E-state index < -0.39 is 11.6 Å². The Labute approximate surface area is 269 Å². The molecule has 0 saturated carbocycles. The number of thiophene rings is 2. The van der Waals surface area contributed by atoms with Crippen molar-refractivity contribution >= 4 is 46.4 Å². The molecule has 0 fully saturated rings. The molecule has 4 rings (SSSR count). The molecule has 4 heterocycles. The molecule has 4 aromatic heterocycles. The highest BCUT2D eigenvalue weighted by Gasteiger charge is 2.18. The summed E-state index contributed by atoms with van der Waals surface area (Å²) in [5.74, 6) is -0.644. The zero-order valence-electron chi connectivity index (χ0n) is 26.2. The van der Waals surface area contributed by atoms with Crippen molar-refractivity contribution in [1.82, 2.24) is 10.3 Å². The van der Waals surface area contributed by atoms with Crippen molar-refractivity contribution in [2.45, 2.75) is 78.4 Å². The van der Waals surface area contributed by atoms with E-state index in [1.54, 1.807) is 6.07 Å². The molecule has 45 heavy (non-hydrogen) atoms. The van der Waals surface area contributed by atoms with Gasteiger partial charge in [0.25, 0.3) is 0 Å². The van der Waals surface area contributed by atoms with E-state index in [0.717, 1.165) is 9.75 Å². The SMILES string of the molecule is CC(C)(C)OC(=O)CCCC(=O)c1cc(-c2cccs2)on1.CC(C)(C)OC(=O)CCN.O=C(O)c1cc(-c2cccs2)on1. The molecule has 0 amide bonds. The van der Waals surface area contributed by atoms with Gasteiger partial charge in [-0.2, -0.15) is 0 Å². The minimum atomic E-state index is -1.08. The molecular weight excluding hydrogens is 622 g/mol. The first kappa shape index (κ1) is 37.0. The average molecular weight is 662 g/mol. The van der Waals surface area contributed by atoms with Gasteiger partial charge in [0.1, 0.15) is 16.9 Å². The fourth-order valence-electron chi connectivity index (χ4n) is 3.28. The van der Waals surface area contributed by atoms with Gasteiger partial charge in [-0.05, 0) is 70.9 Å². The van der Waals surface area contributed by atoms with Crippen LogP contribution in [0.5, 0.6) is 0 Å². The molecule has 0 spiro atoms. The number of aromatic nitrogens is 2. The second kappa shape index (κ2) is 17.4. The third-order valence-corrected chi connectivity index (χ3v) is 6.80. The molecule has 0 saturated heterocycles. The van der Waals surface area contributed by atoms with E-state index in [1.807, 2.05) is 76.6 Å². The number of ketones is 1. The summed E-state index contributed by atoms with van der Waals surface area (Å²) < 4.78 is 20.2. The second-order valence-electron chi connectivity index (χ2n) is 11.4. The van der Waals surface area contributed by atoms with Crippen molar-refractivity contribution in [3.05, 3.63) is 58.5 Å². The fourth-order valence-corrected chi connectivity index (χ4v) is 4.62. The zero-order chi connectivity index (χ0) is 33.6. The molecular formula is C31H39N3O9S2. The summed E-state index contributed by atoms with van der Waals surface area (Å²) in [6, 6.07) is 10.6. The van der Waals surface area contributed by atoms with Gasteiger partial charge in [0.15, 0.2) is 23.0 Å². The van der Waals surface area contributed by atoms with Crippen molar-refractivity contribution in [3.63, 3.8) is 0 Å². The number of Topliss-reactive ketones (excluding diaryl/α,β-unsaturated/α-hetero) is 1. The highest BCUT2D eigenvalue weighted by atomic mass is 32.1. The maximum atomic E-state index is 12.0. The number of nitrogens with zero attached hydrogens (tertiary/aromatic N) is 2. The van der Waals surface area contributed by atoms with Gasteiger partial charge in [0.05, 0.1) is 16.2 Å². The first-order valence-corrected chi connectivity index (χ1v) is 15.8. The smallest absolute Gasteiger partial charge is 0.358 e. The van der Waals surface area contributed by atoms with Gasteiger partial charge in [-0.1, -0.05) is 22.4 Å². The average Bonchev–Trinajstić information content (AvgIpc) is 3.74. The minimum Gasteiger partial charge on any atom is -0.476 e. The van der Waals surface area contributed by atoms with E-state index in [0.29, 0.717) is 36.6 Å². The number of carboxylic acids is 1. The van der Waals surface area contributed by atoms with Crippen LogP contribution in [-0.4, -0.2) is 56.9 Å². The number of hydrogen-bond acceptors (Lipinski definition) is 13. The molecule has 12 nitrogen and oxygen atoms in total. The number of esters is 2. The number of nitrogens with two attached hydrogens (primary N) is 1. The monoisotopic (exact) mass is 661 g/mol. The van der Waals surface area contributed by atoms with Crippen LogP contribution in [0.3, 0.4) is 0 Å². The van der Waals surface area contributed by atoms with E-state index in [-0.39, 0.29) is 41.9 Å². The Hall–Kier alpha value is -4.14. The summed E-state index contributed by atoms with van der Waals surface area (Å²) in [7, 11) is 0. The summed E-state index contributed by atoms with van der Waals surface area (Å²) in [4.78, 5) is 46.6. The Morgan fingerprint density at radius 1 is 0.778 bits per heavy atom. The summed E-state index contributed by atoms with van der Waals surface area (Å²) >= 11 is 3.00. The summed E-state index contributed by atoms with van der Waals surface area (Å²) in [6.07, 6.45) is 1.21. The van der Waals surface area contributed by atoms with Crippen molar-refractivity contribution in [2.24, 2.45) is 5.73 Å². The maximum Gasteiger partial charge on any atom is 0.358 e. The largest absolute Gasteiger partial charge is 0.476 e. The quantitative estimate of drug-likeness (QED) is 0.133. The third-order valence-electron chi connectivity index (χ3n) is 5.03. The first-order valence-electron chi connectivity index (χ1n) is 14.0. The summed E-state index contributed by atoms with van der Waals surface area (Å²) in [5.41, 5.74) is 4.50. The van der Waals surface area contributed by atoms with Gasteiger partial charge in [-0.25, -0.2) is 4.79 Å². The summed E-state index contributed by atoms with van der Waals surface area (Å²) in [6.45, 7) is 11.3. The van der Waals surface area contributed by atoms with Crippen molar-refractivity contribution in [2.75, 3.05) is 6.54 Å². The number of aromatic carboxylic acids is 1. The number of hydrogen-bond donors (Lipinski definition) is 2. The fraction of sp³-hybridized carbons (Fsp3) is 0.419. The molecule has 0 aliphatic rings. The molecule has 0 unspecified atom stereocenters. The lowest BCUT2D eigenvalue weighted by atomic mass is 10.1. The van der Waals surface area contributed by atoms with Crippen LogP contribution in [0.4, 0.5) is 0 Å². The topological polar surface area (TPSA) is 185 Å². The van der Waals surface area contributed by atoms with Gasteiger partial charge in [0.2, 0.25) is 0 Å². The van der Waals surface area contributed by atoms with Crippen LogP contribution in [0.15, 0.2) is 56.2 Å². The Morgan fingerprint density at radius 2 is 1.24 bits per heavy atom. The summed E-state index contributed by atoms with van der Waals surface area (Å²) in [5, 5.41) is 19.6. The molecule has 14 heteroatoms. The molecule has 0 aromatic carbocycles. The van der Waals surface area contributed by atoms with Crippen LogP contribution in [0, 0.1) is 0 Å². The standard InChI is InChI=1S/C16H19NO4S.C8H5NO3S.C7H15NO2/c1-16(2,3)20-15(19)8-4-6-12(18)11-10-13(21-17-11)14-7-5-9-22-14;10-8(11)5-4-6(12-9-5)7-2-1-3-13-7;1-7(2,3)10-6(9)4-5-8/h5,7,9-10H,4,6,8H2,1-3H3;1-4H,(H,10,11);4-5,8H2,1-3H3. The predicted molar refractivity (Wildman–Crippen MR) is 170 cm³/mol. The van der Waals surface area contributed by atoms with Gasteiger partial charge >= 0.3 is 17.9 Å². The lowest BCUT2D eigenvalue weighted by molar-refractivity contribution is -0.155. The molecule has 0 aliphatic carbocycles. The normalized spacial score (nSPS) is 11.0. The second-order valence-corrected chi connectivity index (χ2v) is 13.3. The lowest BCUT2D eigenvalue weighted by Gasteiger charge is -2.19. The number of carbonyl (C=O) groups is 4. The van der Waals surface area contributed by atoms with Crippen LogP contribution in [0.2, 0.25) is 0 Å². The van der Waals surface area contributed by atoms with Crippen LogP contribution in [0.1, 0.15) is 88.2 Å². The third kappa shape index (κ3) is 14.5. The van der Waals surface area contributed by atoms with Crippen LogP contribution >= 0.6 is 22.7 Å². The number of carbonyl (C=O) groups excluding carboxylic acids is 3. The Morgan fingerprint density at radius 3 is 1.64 bits per heavy atom. The number of ether oxygens (including phenoxy) is 2. The molecule has 244 valence electrons. The predicted octanol–water partition coefficient (Wildman–Crippen LogP) is 6.88. The molecule has 4 aromatic rings. The van der Waals surface area contributed by atoms with Gasteiger partial charge < -0.3 is 29.4 Å². The maximum absolute atomic E-state index is 12.0. The molecule has 0 atom stereocenters. The highest BCUT2D eigenvalue weighted by molar-refractivity contribution is 7.13. The molecule has 0 bridgehead atoms. The highest BCUT2D eigenvalue weighted by Crippen LogP contribution is 2.26. The lowest BCUT2D eigenvalue weighted by Crippen LogP contribution is -2.25. The van der Waals surface area contributed by atoms with Crippen molar-refractivity contribution < 1.29 is 42.8 Å². The first-order chi connectivity index (χ1) is 21.1. The van der Waals surface area contributed by atoms with E-state index >= 15 is 0 Å². The van der Waals surface area contributed by atoms with Crippen molar-refractivity contribution in [3.8, 4) is 21.3 Å². The Bertz CT molecular complexity index is 1490. The van der Waals surface area contributed by atoms with Gasteiger partial charge in [-0.15, -0.1) is 22.7 Å². The van der Waals surface area contributed by atoms with E-state index in [9.17, 15) is 19.2 Å². The van der Waals surface area contributed by atoms with E-state index in [1.165, 1.54) is 28.7 Å². The van der Waals surface area contributed by atoms with Crippen LogP contribution in [-0.2, 0) is 19.1 Å². The molecule has 0 aliphatic heterocycles. The zero-order valence-corrected chi connectivity index (χ0v) is 27.8. The Kier molecular flexibility index (Phi) is 14.3. The van der Waals surface area contributed by atoms with E-state index in [4.69, 9.17) is 29.4 Å². The van der Waals surface area contributed by atoms with Gasteiger partial charge in [-0.3, -0.25) is 14.4 Å². The number of carboxylic acid groups (broad SMARTS) is 1. The van der Waals surface area contributed by atoms with Crippen LogP contribution in [0.25, 0.3) is 21.3 Å². The van der Waals surface area contributed by atoms with Crippen LogP contribution < -0.4 is 5.73 Å². The molecule has 3 N–H and O–H groups in total. The number of rotatable bonds is 10. The van der Waals surface area contributed by atoms with Crippen molar-refractivity contribution in [1.29, 1.82) is 0 Å². The van der Waals surface area contributed by atoms with E-state index in [2.05, 4.69) is 10.3 Å². The Balaban J connectivity index is 0.000000260.